The van der Waals surface area contributed by atoms with Gasteiger partial charge in [-0.05, 0) is 92.9 Å². The molecule has 35 heavy (non-hydrogen) atoms. The van der Waals surface area contributed by atoms with E-state index in [1.807, 2.05) is 45.0 Å². The summed E-state index contributed by atoms with van der Waals surface area (Å²) in [6, 6.07) is 16.8. The van der Waals surface area contributed by atoms with Gasteiger partial charge in [0.2, 0.25) is 0 Å². The standard InChI is InChI=1S/C28H29ClFNO4/c1-28(2,3)35-24-10-8-23(9-11-24)34-17-22-14-20-13-21(30)7-5-19(20)16-31(22)27(32)18-6-12-26(33-4)25(29)15-18/h5-13,15,22H,14,16-17H2,1-4H3/t22-/m0/s1. The van der Waals surface area contributed by atoms with E-state index in [4.69, 9.17) is 25.8 Å². The lowest BCUT2D eigenvalue weighted by molar-refractivity contribution is 0.0566. The number of hydrogen-bond acceptors (Lipinski definition) is 4. The third kappa shape index (κ3) is 6.06. The lowest BCUT2D eigenvalue weighted by Crippen LogP contribution is -2.47. The molecule has 1 aliphatic rings. The molecule has 184 valence electrons. The molecule has 0 spiro atoms. The molecule has 1 aliphatic heterocycles. The van der Waals surface area contributed by atoms with Gasteiger partial charge in [-0.2, -0.15) is 0 Å². The summed E-state index contributed by atoms with van der Waals surface area (Å²) >= 11 is 6.27. The highest BCUT2D eigenvalue weighted by Crippen LogP contribution is 2.30. The van der Waals surface area contributed by atoms with E-state index in [1.54, 1.807) is 29.2 Å². The van der Waals surface area contributed by atoms with Crippen LogP contribution >= 0.6 is 11.6 Å². The van der Waals surface area contributed by atoms with Crippen LogP contribution in [0.2, 0.25) is 5.02 Å². The van der Waals surface area contributed by atoms with Crippen LogP contribution in [0.3, 0.4) is 0 Å². The molecule has 0 saturated carbocycles. The Morgan fingerprint density at radius 1 is 1.03 bits per heavy atom. The van der Waals surface area contributed by atoms with Crippen LogP contribution in [0.1, 0.15) is 42.3 Å². The highest BCUT2D eigenvalue weighted by molar-refractivity contribution is 6.32. The molecular weight excluding hydrogens is 469 g/mol. The number of carbonyl (C=O) groups excluding carboxylic acids is 1. The summed E-state index contributed by atoms with van der Waals surface area (Å²) in [6.45, 7) is 6.57. The van der Waals surface area contributed by atoms with Crippen LogP contribution in [0.5, 0.6) is 17.2 Å². The third-order valence-corrected chi connectivity index (χ3v) is 6.05. The molecule has 3 aromatic carbocycles. The number of amides is 1. The molecule has 0 unspecified atom stereocenters. The van der Waals surface area contributed by atoms with Crippen LogP contribution in [-0.4, -0.2) is 36.2 Å². The maximum atomic E-state index is 13.9. The summed E-state index contributed by atoms with van der Waals surface area (Å²) in [4.78, 5) is 15.3. The Kier molecular flexibility index (Phi) is 7.22. The lowest BCUT2D eigenvalue weighted by atomic mass is 9.93. The molecule has 0 bridgehead atoms. The summed E-state index contributed by atoms with van der Waals surface area (Å²) in [6.07, 6.45) is 0.480. The van der Waals surface area contributed by atoms with Crippen molar-refractivity contribution in [1.82, 2.24) is 4.90 Å². The zero-order chi connectivity index (χ0) is 25.2. The maximum absolute atomic E-state index is 13.9. The molecule has 4 rings (SSSR count). The number of benzene rings is 3. The summed E-state index contributed by atoms with van der Waals surface area (Å²) < 4.78 is 31.0. The zero-order valence-electron chi connectivity index (χ0n) is 20.3. The maximum Gasteiger partial charge on any atom is 0.254 e. The largest absolute Gasteiger partial charge is 0.495 e. The molecule has 1 heterocycles. The Balaban J connectivity index is 1.55. The van der Waals surface area contributed by atoms with Gasteiger partial charge in [-0.25, -0.2) is 4.39 Å². The number of fused-ring (bicyclic) bond motifs is 1. The highest BCUT2D eigenvalue weighted by Gasteiger charge is 2.31. The van der Waals surface area contributed by atoms with E-state index in [1.165, 1.54) is 19.2 Å². The van der Waals surface area contributed by atoms with E-state index in [0.717, 1.165) is 16.9 Å². The topological polar surface area (TPSA) is 48.0 Å². The normalized spacial score (nSPS) is 15.4. The van der Waals surface area contributed by atoms with Crippen LogP contribution in [0.25, 0.3) is 0 Å². The average Bonchev–Trinajstić information content (AvgIpc) is 2.81. The molecule has 0 radical (unpaired) electrons. The molecule has 0 aromatic heterocycles. The first kappa shape index (κ1) is 24.9. The average molecular weight is 498 g/mol. The number of rotatable bonds is 6. The van der Waals surface area contributed by atoms with Crippen molar-refractivity contribution in [3.05, 3.63) is 88.2 Å². The van der Waals surface area contributed by atoms with Crippen molar-refractivity contribution in [1.29, 1.82) is 0 Å². The Bertz CT molecular complexity index is 1210. The summed E-state index contributed by atoms with van der Waals surface area (Å²) in [7, 11) is 1.53. The van der Waals surface area contributed by atoms with Gasteiger partial charge >= 0.3 is 0 Å². The van der Waals surface area contributed by atoms with Crippen molar-refractivity contribution in [2.24, 2.45) is 0 Å². The van der Waals surface area contributed by atoms with Gasteiger partial charge in [-0.1, -0.05) is 17.7 Å². The predicted molar refractivity (Wildman–Crippen MR) is 134 cm³/mol. The van der Waals surface area contributed by atoms with Crippen molar-refractivity contribution in [3.63, 3.8) is 0 Å². The first-order valence-electron chi connectivity index (χ1n) is 11.5. The van der Waals surface area contributed by atoms with E-state index in [-0.39, 0.29) is 30.0 Å². The van der Waals surface area contributed by atoms with Crippen LogP contribution in [0, 0.1) is 5.82 Å². The van der Waals surface area contributed by atoms with Gasteiger partial charge in [0.15, 0.2) is 0 Å². The second-order valence-corrected chi connectivity index (χ2v) is 9.96. The Morgan fingerprint density at radius 3 is 2.40 bits per heavy atom. The highest BCUT2D eigenvalue weighted by atomic mass is 35.5. The molecule has 0 fully saturated rings. The van der Waals surface area contributed by atoms with Gasteiger partial charge in [0.25, 0.3) is 5.91 Å². The Morgan fingerprint density at radius 2 is 1.74 bits per heavy atom. The zero-order valence-corrected chi connectivity index (χ0v) is 21.1. The molecule has 5 nitrogen and oxygen atoms in total. The van der Waals surface area contributed by atoms with Gasteiger partial charge < -0.3 is 19.1 Å². The number of methoxy groups -OCH3 is 1. The minimum Gasteiger partial charge on any atom is -0.495 e. The van der Waals surface area contributed by atoms with Gasteiger partial charge in [-0.15, -0.1) is 0 Å². The Labute approximate surface area is 210 Å². The van der Waals surface area contributed by atoms with Crippen molar-refractivity contribution >= 4 is 17.5 Å². The van der Waals surface area contributed by atoms with Crippen molar-refractivity contribution < 1.29 is 23.4 Å². The first-order valence-corrected chi connectivity index (χ1v) is 11.8. The molecule has 0 saturated heterocycles. The molecule has 3 aromatic rings. The smallest absolute Gasteiger partial charge is 0.254 e. The van der Waals surface area contributed by atoms with Crippen molar-refractivity contribution in [2.75, 3.05) is 13.7 Å². The van der Waals surface area contributed by atoms with Crippen molar-refractivity contribution in [3.8, 4) is 17.2 Å². The van der Waals surface area contributed by atoms with E-state index in [2.05, 4.69) is 0 Å². The monoisotopic (exact) mass is 497 g/mol. The van der Waals surface area contributed by atoms with Gasteiger partial charge in [0, 0.05) is 12.1 Å². The van der Waals surface area contributed by atoms with E-state index >= 15 is 0 Å². The first-order chi connectivity index (χ1) is 16.6. The molecule has 1 amide bonds. The van der Waals surface area contributed by atoms with Crippen LogP contribution in [0.4, 0.5) is 4.39 Å². The van der Waals surface area contributed by atoms with Crippen LogP contribution in [-0.2, 0) is 13.0 Å². The second kappa shape index (κ2) is 10.2. The van der Waals surface area contributed by atoms with Crippen molar-refractivity contribution in [2.45, 2.75) is 45.4 Å². The van der Waals surface area contributed by atoms with Gasteiger partial charge in [0.1, 0.15) is 35.3 Å². The second-order valence-electron chi connectivity index (χ2n) is 9.55. The van der Waals surface area contributed by atoms with E-state index in [9.17, 15) is 9.18 Å². The predicted octanol–water partition coefficient (Wildman–Crippen LogP) is 6.31. The molecule has 1 atom stereocenters. The number of halogens is 2. The minimum atomic E-state index is -0.293. The summed E-state index contributed by atoms with van der Waals surface area (Å²) in [5.41, 5.74) is 1.96. The van der Waals surface area contributed by atoms with Crippen LogP contribution in [0.15, 0.2) is 60.7 Å². The fourth-order valence-corrected chi connectivity index (χ4v) is 4.37. The van der Waals surface area contributed by atoms with E-state index in [0.29, 0.717) is 35.1 Å². The quantitative estimate of drug-likeness (QED) is 0.400. The molecule has 7 heteroatoms. The lowest BCUT2D eigenvalue weighted by Gasteiger charge is -2.37. The fraction of sp³-hybridized carbons (Fsp3) is 0.321. The summed E-state index contributed by atoms with van der Waals surface area (Å²) in [5, 5.41) is 0.364. The Hall–Kier alpha value is -3.25. The number of carbonyl (C=O) groups is 1. The SMILES string of the molecule is COc1ccc(C(=O)N2Cc3ccc(F)cc3C[C@H]2COc2ccc(OC(C)(C)C)cc2)cc1Cl. The molecular formula is C28H29ClFNO4. The minimum absolute atomic E-state index is 0.174. The van der Waals surface area contributed by atoms with Gasteiger partial charge in [0.05, 0.1) is 18.2 Å². The number of hydrogen-bond donors (Lipinski definition) is 0. The molecule has 0 N–H and O–H groups in total. The summed E-state index contributed by atoms with van der Waals surface area (Å²) in [5.74, 6) is 1.45. The molecule has 0 aliphatic carbocycles. The number of ether oxygens (including phenoxy) is 3. The third-order valence-electron chi connectivity index (χ3n) is 5.76. The van der Waals surface area contributed by atoms with E-state index < -0.39 is 0 Å². The van der Waals surface area contributed by atoms with Crippen LogP contribution < -0.4 is 14.2 Å². The van der Waals surface area contributed by atoms with Gasteiger partial charge in [-0.3, -0.25) is 4.79 Å². The number of nitrogens with zero attached hydrogens (tertiary/aromatic N) is 1. The fourth-order valence-electron chi connectivity index (χ4n) is 4.12.